The summed E-state index contributed by atoms with van der Waals surface area (Å²) in [6.07, 6.45) is 41.0. The first-order valence-corrected chi connectivity index (χ1v) is 29.9. The van der Waals surface area contributed by atoms with Gasteiger partial charge in [-0.05, 0) is 72.5 Å². The van der Waals surface area contributed by atoms with Gasteiger partial charge in [0.25, 0.3) is 11.8 Å². The summed E-state index contributed by atoms with van der Waals surface area (Å²) in [5, 5.41) is 4.26. The second-order valence-corrected chi connectivity index (χ2v) is 22.7. The predicted octanol–water partition coefficient (Wildman–Crippen LogP) is 19.1. The average Bonchev–Trinajstić information content (AvgIpc) is 4.18. The van der Waals surface area contributed by atoms with Gasteiger partial charge in [-0.15, -0.1) is 34.0 Å². The summed E-state index contributed by atoms with van der Waals surface area (Å²) >= 11 is 5.20. The number of amides is 2. The van der Waals surface area contributed by atoms with Gasteiger partial charge in [-0.3, -0.25) is 9.59 Å². The van der Waals surface area contributed by atoms with E-state index in [1.54, 1.807) is 34.0 Å². The molecule has 0 N–H and O–H groups in total. The molecule has 0 saturated heterocycles. The van der Waals surface area contributed by atoms with Crippen molar-refractivity contribution >= 4 is 57.2 Å². The van der Waals surface area contributed by atoms with Gasteiger partial charge in [-0.2, -0.15) is 0 Å². The van der Waals surface area contributed by atoms with E-state index in [2.05, 4.69) is 84.7 Å². The molecule has 2 unspecified atom stereocenters. The van der Waals surface area contributed by atoms with E-state index in [0.717, 1.165) is 46.8 Å². The van der Waals surface area contributed by atoms with Crippen molar-refractivity contribution in [1.82, 2.24) is 9.80 Å². The molecule has 0 fully saturated rings. The van der Waals surface area contributed by atoms with Crippen LogP contribution in [0.2, 0.25) is 0 Å². The predicted molar refractivity (Wildman–Crippen MR) is 287 cm³/mol. The summed E-state index contributed by atoms with van der Waals surface area (Å²) in [6, 6.07) is 13.0. The smallest absolute Gasteiger partial charge is 0.261 e. The van der Waals surface area contributed by atoms with Crippen LogP contribution in [0.1, 0.15) is 243 Å². The van der Waals surface area contributed by atoms with Gasteiger partial charge in [0.2, 0.25) is 0 Å². The Balaban J connectivity index is 1.44. The second kappa shape index (κ2) is 31.5. The van der Waals surface area contributed by atoms with Crippen molar-refractivity contribution in [1.29, 1.82) is 0 Å². The van der Waals surface area contributed by atoms with Gasteiger partial charge < -0.3 is 9.80 Å². The minimum Gasteiger partial charge on any atom is -0.306 e. The molecule has 0 aliphatic carbocycles. The number of nitrogens with zero attached hydrogens (tertiary/aromatic N) is 2. The fourth-order valence-electron chi connectivity index (χ4n) is 10.4. The zero-order valence-electron chi connectivity index (χ0n) is 41.8. The van der Waals surface area contributed by atoms with Crippen LogP contribution in [-0.2, 0) is 9.59 Å². The summed E-state index contributed by atoms with van der Waals surface area (Å²) < 4.78 is 0. The van der Waals surface area contributed by atoms with Crippen LogP contribution in [0, 0.1) is 11.8 Å². The number of hydrogen-bond donors (Lipinski definition) is 0. The highest BCUT2D eigenvalue weighted by Gasteiger charge is 2.50. The summed E-state index contributed by atoms with van der Waals surface area (Å²) in [5.74, 6) is 0.955. The number of carbonyl (C=O) groups is 2. The fraction of sp³-hybridized carbons (Fsp3) is 0.690. The molecule has 0 radical (unpaired) electrons. The third-order valence-corrected chi connectivity index (χ3v) is 17.3. The second-order valence-electron chi connectivity index (χ2n) is 19.8. The molecule has 7 heteroatoms. The number of hydrogen-bond acceptors (Lipinski definition) is 5. The molecule has 3 aromatic rings. The molecule has 3 aromatic heterocycles. The molecule has 5 rings (SSSR count). The van der Waals surface area contributed by atoms with E-state index in [0.29, 0.717) is 36.1 Å². The largest absolute Gasteiger partial charge is 0.306 e. The lowest BCUT2D eigenvalue weighted by Gasteiger charge is -2.29. The van der Waals surface area contributed by atoms with Crippen molar-refractivity contribution in [3.8, 4) is 9.75 Å². The van der Waals surface area contributed by atoms with Crippen LogP contribution in [-0.4, -0.2) is 34.7 Å². The van der Waals surface area contributed by atoms with Crippen molar-refractivity contribution in [2.75, 3.05) is 13.1 Å². The molecule has 2 amide bonds. The first-order valence-electron chi connectivity index (χ1n) is 27.3. The summed E-state index contributed by atoms with van der Waals surface area (Å²) in [6.45, 7) is 10.6. The Morgan fingerprint density at radius 3 is 1.06 bits per heavy atom. The van der Waals surface area contributed by atoms with Crippen LogP contribution < -0.4 is 0 Å². The number of carbonyl (C=O) groups excluding carboxylic acids is 2. The van der Waals surface area contributed by atoms with E-state index >= 15 is 9.59 Å². The number of unbranched alkanes of at least 4 members (excludes halogenated alkanes) is 24. The quantitative estimate of drug-likeness (QED) is 0.0535. The van der Waals surface area contributed by atoms with E-state index < -0.39 is 0 Å². The Labute approximate surface area is 410 Å². The monoisotopic (exact) mass is 943 g/mol. The molecule has 0 spiro atoms. The maximum Gasteiger partial charge on any atom is 0.261 e. The molecule has 2 aliphatic heterocycles. The van der Waals surface area contributed by atoms with E-state index in [9.17, 15) is 0 Å². The van der Waals surface area contributed by atoms with E-state index in [-0.39, 0.29) is 11.8 Å². The molecular formula is C58H90N2O2S3. The molecule has 5 heterocycles. The van der Waals surface area contributed by atoms with Crippen molar-refractivity contribution in [3.05, 3.63) is 68.1 Å². The topological polar surface area (TPSA) is 40.6 Å². The summed E-state index contributed by atoms with van der Waals surface area (Å²) in [4.78, 5) is 39.7. The molecular weight excluding hydrogens is 853 g/mol. The number of fused-ring (bicyclic) bond motifs is 1. The van der Waals surface area contributed by atoms with Crippen molar-refractivity contribution < 1.29 is 9.59 Å². The number of thiophene rings is 3. The highest BCUT2D eigenvalue weighted by molar-refractivity contribution is 7.22. The zero-order valence-corrected chi connectivity index (χ0v) is 44.2. The van der Waals surface area contributed by atoms with Gasteiger partial charge in [0.15, 0.2) is 0 Å². The maximum atomic E-state index is 15.5. The summed E-state index contributed by atoms with van der Waals surface area (Å²) in [7, 11) is 0. The van der Waals surface area contributed by atoms with Crippen molar-refractivity contribution in [3.63, 3.8) is 0 Å². The van der Waals surface area contributed by atoms with Gasteiger partial charge in [-0.25, -0.2) is 0 Å². The third-order valence-electron chi connectivity index (χ3n) is 14.3. The third kappa shape index (κ3) is 17.2. The van der Waals surface area contributed by atoms with E-state index in [1.165, 1.54) is 190 Å². The van der Waals surface area contributed by atoms with Crippen LogP contribution in [0.5, 0.6) is 0 Å². The molecule has 0 bridgehead atoms. The Morgan fingerprint density at radius 2 is 0.708 bits per heavy atom. The molecule has 2 atom stereocenters. The maximum absolute atomic E-state index is 15.5. The van der Waals surface area contributed by atoms with Gasteiger partial charge >= 0.3 is 0 Å². The molecule has 2 aliphatic rings. The van der Waals surface area contributed by atoms with Gasteiger partial charge in [-0.1, -0.05) is 220 Å². The lowest BCUT2D eigenvalue weighted by atomic mass is 9.93. The Hall–Kier alpha value is -2.48. The van der Waals surface area contributed by atoms with Crippen molar-refractivity contribution in [2.24, 2.45) is 11.8 Å². The first-order chi connectivity index (χ1) is 32.0. The van der Waals surface area contributed by atoms with Crippen LogP contribution in [0.4, 0.5) is 0 Å². The van der Waals surface area contributed by atoms with Crippen LogP contribution in [0.15, 0.2) is 58.3 Å². The van der Waals surface area contributed by atoms with Crippen LogP contribution in [0.25, 0.3) is 21.1 Å². The standard InChI is InChI=1S/C58H90N2O2S3/c1-5-9-13-17-21-23-27-31-37-47(35-29-25-19-15-11-7-3)45-59-55(51-40-34-44-64-51)53-54(58(59)62)56(52-42-41-50(65-52)49-39-33-43-63-49)60(57(53)61)46-48(36-30-26-20-16-12-8-4)38-32-28-24-22-18-14-10-6-2/h33-34,39-44,47-48H,5-32,35-38,45-46H2,1-4H3. The molecule has 0 aromatic carbocycles. The minimum absolute atomic E-state index is 0.0553. The Bertz CT molecular complexity index is 1800. The molecule has 362 valence electrons. The highest BCUT2D eigenvalue weighted by atomic mass is 32.1. The highest BCUT2D eigenvalue weighted by Crippen LogP contribution is 2.50. The lowest BCUT2D eigenvalue weighted by molar-refractivity contribution is -0.124. The first kappa shape index (κ1) is 53.5. The van der Waals surface area contributed by atoms with Gasteiger partial charge in [0.05, 0.1) is 32.3 Å². The zero-order chi connectivity index (χ0) is 45.9. The Kier molecular flexibility index (Phi) is 25.9. The summed E-state index contributed by atoms with van der Waals surface area (Å²) in [5.41, 5.74) is 3.13. The SMILES string of the molecule is CCCCCCCCCCC(CCCCCCCC)CN1C(=O)C2=C(c3ccc(-c4cccs4)s3)N(CC(CCCCCCCC)CCCCCCCCCC)C(=O)C2=C1c1cccs1. The van der Waals surface area contributed by atoms with Crippen LogP contribution in [0.3, 0.4) is 0 Å². The average molecular weight is 944 g/mol. The van der Waals surface area contributed by atoms with E-state index in [4.69, 9.17) is 0 Å². The lowest BCUT2D eigenvalue weighted by Crippen LogP contribution is -2.34. The molecule has 4 nitrogen and oxygen atoms in total. The molecule has 65 heavy (non-hydrogen) atoms. The minimum atomic E-state index is 0.0553. The Morgan fingerprint density at radius 1 is 0.385 bits per heavy atom. The van der Waals surface area contributed by atoms with Gasteiger partial charge in [0, 0.05) is 22.8 Å². The van der Waals surface area contributed by atoms with Crippen LogP contribution >= 0.6 is 34.0 Å². The van der Waals surface area contributed by atoms with Crippen molar-refractivity contribution in [2.45, 2.75) is 233 Å². The van der Waals surface area contributed by atoms with Gasteiger partial charge in [0.1, 0.15) is 0 Å². The molecule has 0 saturated carbocycles. The fourth-order valence-corrected chi connectivity index (χ4v) is 13.1. The number of rotatable bonds is 39. The van der Waals surface area contributed by atoms with E-state index in [1.807, 2.05) is 0 Å². The normalized spacial score (nSPS) is 15.1.